The molecule has 0 aromatic heterocycles. The van der Waals surface area contributed by atoms with Gasteiger partial charge in [0.05, 0.1) is 5.56 Å². The lowest BCUT2D eigenvalue weighted by Crippen LogP contribution is -2.33. The molecule has 3 aromatic rings. The second kappa shape index (κ2) is 10.4. The van der Waals surface area contributed by atoms with Gasteiger partial charge in [0.2, 0.25) is 5.91 Å². The van der Waals surface area contributed by atoms with E-state index in [1.807, 2.05) is 31.2 Å². The number of nitrogens with one attached hydrogen (secondary N) is 1. The Morgan fingerprint density at radius 3 is 2.09 bits per heavy atom. The quantitative estimate of drug-likeness (QED) is 0.486. The highest BCUT2D eigenvalue weighted by Crippen LogP contribution is 2.44. The Labute approximate surface area is 204 Å². The van der Waals surface area contributed by atoms with Crippen molar-refractivity contribution < 1.29 is 24.2 Å². The van der Waals surface area contributed by atoms with E-state index in [1.54, 1.807) is 19.2 Å². The predicted octanol–water partition coefficient (Wildman–Crippen LogP) is 4.91. The van der Waals surface area contributed by atoms with E-state index < -0.39 is 12.1 Å². The van der Waals surface area contributed by atoms with Crippen LogP contribution in [-0.4, -0.2) is 43.3 Å². The van der Waals surface area contributed by atoms with Gasteiger partial charge < -0.3 is 20.1 Å². The molecule has 0 bridgehead atoms. The van der Waals surface area contributed by atoms with Gasteiger partial charge in [-0.25, -0.2) is 9.59 Å². The van der Waals surface area contributed by atoms with Gasteiger partial charge >= 0.3 is 12.1 Å². The zero-order valence-electron chi connectivity index (χ0n) is 19.7. The summed E-state index contributed by atoms with van der Waals surface area (Å²) in [4.78, 5) is 37.5. The SMILES string of the molecule is CC(CNC(=O)OCC1c2ccccc2-c2ccccc21)CC(=O)N(C)c1ccc(C(=O)O)cc1. The first kappa shape index (κ1) is 24.0. The first-order valence-corrected chi connectivity index (χ1v) is 11.5. The van der Waals surface area contributed by atoms with Gasteiger partial charge in [-0.1, -0.05) is 55.5 Å². The van der Waals surface area contributed by atoms with Gasteiger partial charge in [-0.15, -0.1) is 0 Å². The number of aromatic carboxylic acids is 1. The monoisotopic (exact) mass is 472 g/mol. The standard InChI is InChI=1S/C28H28N2O5/c1-18(15-26(31)30(2)20-13-11-19(12-14-20)27(32)33)16-29-28(34)35-17-25-23-9-5-3-7-21(23)22-8-4-6-10-24(22)25/h3-14,18,25H,15-17H2,1-2H3,(H,29,34)(H,32,33). The minimum absolute atomic E-state index is 0.00619. The molecule has 35 heavy (non-hydrogen) atoms. The van der Waals surface area contributed by atoms with Gasteiger partial charge in [0, 0.05) is 31.6 Å². The van der Waals surface area contributed by atoms with Crippen molar-refractivity contribution in [3.63, 3.8) is 0 Å². The molecular weight excluding hydrogens is 444 g/mol. The average Bonchev–Trinajstić information content (AvgIpc) is 3.19. The minimum Gasteiger partial charge on any atom is -0.478 e. The average molecular weight is 473 g/mol. The Morgan fingerprint density at radius 1 is 0.943 bits per heavy atom. The highest BCUT2D eigenvalue weighted by Gasteiger charge is 2.29. The third-order valence-electron chi connectivity index (χ3n) is 6.34. The van der Waals surface area contributed by atoms with E-state index in [0.29, 0.717) is 12.2 Å². The van der Waals surface area contributed by atoms with E-state index in [4.69, 9.17) is 9.84 Å². The Kier molecular flexibility index (Phi) is 7.15. The lowest BCUT2D eigenvalue weighted by Gasteiger charge is -2.20. The van der Waals surface area contributed by atoms with Gasteiger partial charge in [-0.05, 0) is 52.4 Å². The smallest absolute Gasteiger partial charge is 0.407 e. The number of rotatable bonds is 8. The largest absolute Gasteiger partial charge is 0.478 e. The molecule has 2 N–H and O–H groups in total. The Morgan fingerprint density at radius 2 is 1.51 bits per heavy atom. The highest BCUT2D eigenvalue weighted by atomic mass is 16.5. The summed E-state index contributed by atoms with van der Waals surface area (Å²) in [5, 5.41) is 11.8. The van der Waals surface area contributed by atoms with Crippen molar-refractivity contribution in [2.75, 3.05) is 25.1 Å². The maximum atomic E-state index is 12.6. The number of ether oxygens (including phenoxy) is 1. The van der Waals surface area contributed by atoms with E-state index in [-0.39, 0.29) is 36.3 Å². The molecule has 0 radical (unpaired) electrons. The highest BCUT2D eigenvalue weighted by molar-refractivity contribution is 5.94. The van der Waals surface area contributed by atoms with Crippen LogP contribution in [0.2, 0.25) is 0 Å². The normalized spacial score (nSPS) is 12.9. The fraction of sp³-hybridized carbons (Fsp3) is 0.250. The van der Waals surface area contributed by atoms with Crippen LogP contribution in [0.25, 0.3) is 11.1 Å². The van der Waals surface area contributed by atoms with Crippen molar-refractivity contribution in [3.8, 4) is 11.1 Å². The Bertz CT molecular complexity index is 1190. The van der Waals surface area contributed by atoms with Crippen LogP contribution < -0.4 is 10.2 Å². The zero-order valence-corrected chi connectivity index (χ0v) is 19.7. The molecule has 7 nitrogen and oxygen atoms in total. The van der Waals surface area contributed by atoms with E-state index in [2.05, 4.69) is 29.6 Å². The molecule has 3 aromatic carbocycles. The summed E-state index contributed by atoms with van der Waals surface area (Å²) in [5.41, 5.74) is 5.42. The number of anilines is 1. The van der Waals surface area contributed by atoms with E-state index in [0.717, 1.165) is 11.1 Å². The second-order valence-corrected chi connectivity index (χ2v) is 8.82. The number of hydrogen-bond donors (Lipinski definition) is 2. The van der Waals surface area contributed by atoms with E-state index in [1.165, 1.54) is 28.2 Å². The summed E-state index contributed by atoms with van der Waals surface area (Å²) in [6, 6.07) is 22.4. The topological polar surface area (TPSA) is 95.9 Å². The van der Waals surface area contributed by atoms with Gasteiger partial charge in [0.1, 0.15) is 6.61 Å². The third-order valence-corrected chi connectivity index (χ3v) is 6.34. The minimum atomic E-state index is -1.02. The molecule has 4 rings (SSSR count). The molecule has 1 aliphatic carbocycles. The number of alkyl carbamates (subject to hydrolysis) is 1. The number of fused-ring (bicyclic) bond motifs is 3. The van der Waals surface area contributed by atoms with Crippen molar-refractivity contribution in [1.29, 1.82) is 0 Å². The number of benzene rings is 3. The summed E-state index contributed by atoms with van der Waals surface area (Å²) in [7, 11) is 1.64. The number of carboxylic acid groups (broad SMARTS) is 1. The second-order valence-electron chi connectivity index (χ2n) is 8.82. The van der Waals surface area contributed by atoms with E-state index >= 15 is 0 Å². The first-order valence-electron chi connectivity index (χ1n) is 11.5. The van der Waals surface area contributed by atoms with Gasteiger partial charge in [0.25, 0.3) is 0 Å². The lowest BCUT2D eigenvalue weighted by molar-refractivity contribution is -0.119. The number of hydrogen-bond acceptors (Lipinski definition) is 4. The number of carboxylic acids is 1. The molecule has 0 spiro atoms. The van der Waals surface area contributed by atoms with Crippen molar-refractivity contribution in [1.82, 2.24) is 5.32 Å². The summed E-state index contributed by atoms with van der Waals surface area (Å²) < 4.78 is 5.55. The van der Waals surface area contributed by atoms with Crippen LogP contribution >= 0.6 is 0 Å². The fourth-order valence-electron chi connectivity index (χ4n) is 4.39. The number of carbonyl (C=O) groups excluding carboxylic acids is 2. The van der Waals surface area contributed by atoms with Crippen LogP contribution in [-0.2, 0) is 9.53 Å². The van der Waals surface area contributed by atoms with E-state index in [9.17, 15) is 14.4 Å². The lowest BCUT2D eigenvalue weighted by atomic mass is 9.98. The molecule has 1 atom stereocenters. The van der Waals surface area contributed by atoms with Crippen LogP contribution in [0.3, 0.4) is 0 Å². The molecule has 1 aliphatic rings. The third kappa shape index (κ3) is 5.35. The first-order chi connectivity index (χ1) is 16.8. The molecule has 0 fully saturated rings. The molecule has 0 saturated carbocycles. The number of nitrogens with zero attached hydrogens (tertiary/aromatic N) is 1. The Hall–Kier alpha value is -4.13. The maximum absolute atomic E-state index is 12.6. The van der Waals surface area contributed by atoms with Crippen LogP contribution in [0.5, 0.6) is 0 Å². The van der Waals surface area contributed by atoms with Crippen LogP contribution in [0.1, 0.15) is 40.7 Å². The van der Waals surface area contributed by atoms with Crippen molar-refractivity contribution in [3.05, 3.63) is 89.5 Å². The summed E-state index contributed by atoms with van der Waals surface area (Å²) in [6.45, 7) is 2.42. The number of carbonyl (C=O) groups is 3. The van der Waals surface area contributed by atoms with Crippen LogP contribution in [0.4, 0.5) is 10.5 Å². The molecule has 1 unspecified atom stereocenters. The summed E-state index contributed by atoms with van der Waals surface area (Å²) in [5.74, 6) is -1.26. The number of amides is 2. The maximum Gasteiger partial charge on any atom is 0.407 e. The summed E-state index contributed by atoms with van der Waals surface area (Å²) in [6.07, 6.45) is -0.287. The van der Waals surface area contributed by atoms with Crippen molar-refractivity contribution in [2.24, 2.45) is 5.92 Å². The van der Waals surface area contributed by atoms with Gasteiger partial charge in [0.15, 0.2) is 0 Å². The fourth-order valence-corrected chi connectivity index (χ4v) is 4.39. The van der Waals surface area contributed by atoms with Gasteiger partial charge in [-0.2, -0.15) is 0 Å². The Balaban J connectivity index is 1.26. The molecule has 180 valence electrons. The van der Waals surface area contributed by atoms with Gasteiger partial charge in [-0.3, -0.25) is 4.79 Å². The molecule has 0 aliphatic heterocycles. The molecule has 0 heterocycles. The molecular formula is C28H28N2O5. The molecule has 7 heteroatoms. The van der Waals surface area contributed by atoms with Crippen molar-refractivity contribution >= 4 is 23.7 Å². The van der Waals surface area contributed by atoms with Crippen LogP contribution in [0, 0.1) is 5.92 Å². The van der Waals surface area contributed by atoms with Crippen molar-refractivity contribution in [2.45, 2.75) is 19.3 Å². The zero-order chi connectivity index (χ0) is 24.9. The van der Waals surface area contributed by atoms with Crippen LogP contribution in [0.15, 0.2) is 72.8 Å². The predicted molar refractivity (Wildman–Crippen MR) is 134 cm³/mol. The molecule has 2 amide bonds. The summed E-state index contributed by atoms with van der Waals surface area (Å²) >= 11 is 0. The molecule has 0 saturated heterocycles.